The van der Waals surface area contributed by atoms with Gasteiger partial charge in [-0.1, -0.05) is 11.6 Å². The molecule has 3 rings (SSSR count). The Bertz CT molecular complexity index is 829. The van der Waals surface area contributed by atoms with Crippen LogP contribution in [0.4, 0.5) is 0 Å². The van der Waals surface area contributed by atoms with E-state index in [9.17, 15) is 0 Å². The molecule has 0 aliphatic heterocycles. The van der Waals surface area contributed by atoms with Crippen molar-refractivity contribution in [1.82, 2.24) is 15.0 Å². The molecule has 0 unspecified atom stereocenters. The van der Waals surface area contributed by atoms with Crippen LogP contribution in [-0.4, -0.2) is 15.0 Å². The first-order valence-electron chi connectivity index (χ1n) is 5.71. The van der Waals surface area contributed by atoms with Gasteiger partial charge in [0, 0.05) is 24.5 Å². The van der Waals surface area contributed by atoms with E-state index in [2.05, 4.69) is 15.0 Å². The second-order valence-electron chi connectivity index (χ2n) is 3.90. The molecule has 2 heterocycles. The van der Waals surface area contributed by atoms with Gasteiger partial charge in [-0.05, 0) is 18.2 Å². The third kappa shape index (κ3) is 2.37. The molecule has 0 saturated heterocycles. The highest BCUT2D eigenvalue weighted by molar-refractivity contribution is 6.31. The fourth-order valence-electron chi connectivity index (χ4n) is 1.69. The second-order valence-corrected chi connectivity index (χ2v) is 4.31. The van der Waals surface area contributed by atoms with Crippen LogP contribution in [0.3, 0.4) is 0 Å². The molecule has 0 saturated carbocycles. The number of hydrogen-bond donors (Lipinski definition) is 0. The van der Waals surface area contributed by atoms with Crippen molar-refractivity contribution in [3.63, 3.8) is 0 Å². The molecule has 0 bridgehead atoms. The van der Waals surface area contributed by atoms with E-state index in [1.807, 2.05) is 6.07 Å². The summed E-state index contributed by atoms with van der Waals surface area (Å²) < 4.78 is 5.60. The van der Waals surface area contributed by atoms with E-state index < -0.39 is 0 Å². The number of pyridine rings is 1. The lowest BCUT2D eigenvalue weighted by Gasteiger charge is -2.06. The Labute approximate surface area is 119 Å². The first kappa shape index (κ1) is 12.3. The minimum absolute atomic E-state index is 0.129. The summed E-state index contributed by atoms with van der Waals surface area (Å²) in [5.41, 5.74) is 1.63. The first-order chi connectivity index (χ1) is 9.76. The summed E-state index contributed by atoms with van der Waals surface area (Å²) in [6.45, 7) is 0. The topological polar surface area (TPSA) is 71.7 Å². The van der Waals surface area contributed by atoms with E-state index in [1.54, 1.807) is 42.7 Å². The Morgan fingerprint density at radius 3 is 2.65 bits per heavy atom. The molecule has 5 nitrogen and oxygen atoms in total. The molecule has 0 fully saturated rings. The van der Waals surface area contributed by atoms with Gasteiger partial charge in [0.2, 0.25) is 5.88 Å². The largest absolute Gasteiger partial charge is 0.439 e. The van der Waals surface area contributed by atoms with Crippen LogP contribution in [0.2, 0.25) is 5.02 Å². The van der Waals surface area contributed by atoms with Gasteiger partial charge in [-0.25, -0.2) is 4.98 Å². The molecule has 0 N–H and O–H groups in total. The van der Waals surface area contributed by atoms with Crippen LogP contribution in [-0.2, 0) is 0 Å². The molecule has 0 amide bonds. The van der Waals surface area contributed by atoms with Crippen LogP contribution in [0.25, 0.3) is 11.0 Å². The second kappa shape index (κ2) is 5.11. The average Bonchev–Trinajstić information content (AvgIpc) is 2.49. The fraction of sp³-hybridized carbons (Fsp3) is 0. The van der Waals surface area contributed by atoms with E-state index >= 15 is 0 Å². The van der Waals surface area contributed by atoms with Gasteiger partial charge in [0.25, 0.3) is 0 Å². The molecule has 0 aliphatic carbocycles. The predicted molar refractivity (Wildman–Crippen MR) is 73.6 cm³/mol. The third-order valence-corrected chi connectivity index (χ3v) is 2.89. The van der Waals surface area contributed by atoms with Crippen LogP contribution in [0, 0.1) is 11.3 Å². The Morgan fingerprint density at radius 1 is 1.05 bits per heavy atom. The van der Waals surface area contributed by atoms with Crippen molar-refractivity contribution in [3.8, 4) is 17.7 Å². The molecule has 2 aromatic heterocycles. The zero-order chi connectivity index (χ0) is 13.9. The molecule has 0 aliphatic rings. The lowest BCUT2D eigenvalue weighted by atomic mass is 10.3. The van der Waals surface area contributed by atoms with Crippen molar-refractivity contribution in [2.75, 3.05) is 0 Å². The summed E-state index contributed by atoms with van der Waals surface area (Å²) >= 11 is 5.82. The fourth-order valence-corrected chi connectivity index (χ4v) is 1.83. The van der Waals surface area contributed by atoms with Gasteiger partial charge >= 0.3 is 0 Å². The van der Waals surface area contributed by atoms with Gasteiger partial charge in [-0.2, -0.15) is 5.26 Å². The number of fused-ring (bicyclic) bond motifs is 1. The molecule has 20 heavy (non-hydrogen) atoms. The van der Waals surface area contributed by atoms with Gasteiger partial charge in [-0.3, -0.25) is 9.97 Å². The summed E-state index contributed by atoms with van der Waals surface area (Å²) in [5, 5.41) is 9.18. The molecule has 6 heteroatoms. The van der Waals surface area contributed by atoms with E-state index in [1.165, 1.54) is 0 Å². The van der Waals surface area contributed by atoms with E-state index in [4.69, 9.17) is 21.6 Å². The van der Waals surface area contributed by atoms with Crippen molar-refractivity contribution < 1.29 is 4.74 Å². The number of rotatable bonds is 2. The Morgan fingerprint density at radius 2 is 1.85 bits per heavy atom. The van der Waals surface area contributed by atoms with Crippen molar-refractivity contribution in [1.29, 1.82) is 5.26 Å². The van der Waals surface area contributed by atoms with E-state index in [-0.39, 0.29) is 5.69 Å². The van der Waals surface area contributed by atoms with Gasteiger partial charge < -0.3 is 4.74 Å². The Balaban J connectivity index is 1.95. The standard InChI is InChI=1S/C14H7ClN4O/c15-10-2-4-14(19-13(10)8-16)20-9-1-3-11-12(7-9)18-6-5-17-11/h1-7H. The SMILES string of the molecule is N#Cc1nc(Oc2ccc3nccnc3c2)ccc1Cl. The quantitative estimate of drug-likeness (QED) is 0.721. The minimum Gasteiger partial charge on any atom is -0.439 e. The number of aromatic nitrogens is 3. The summed E-state index contributed by atoms with van der Waals surface area (Å²) in [5.74, 6) is 0.867. The van der Waals surface area contributed by atoms with Crippen molar-refractivity contribution in [2.24, 2.45) is 0 Å². The average molecular weight is 283 g/mol. The Kier molecular flexibility index (Phi) is 3.15. The van der Waals surface area contributed by atoms with Crippen molar-refractivity contribution in [2.45, 2.75) is 0 Å². The number of nitrogens with zero attached hydrogens (tertiary/aromatic N) is 4. The lowest BCUT2D eigenvalue weighted by Crippen LogP contribution is -1.92. The van der Waals surface area contributed by atoms with E-state index in [0.29, 0.717) is 16.7 Å². The summed E-state index contributed by atoms with van der Waals surface area (Å²) in [6, 6.07) is 10.4. The molecule has 96 valence electrons. The lowest BCUT2D eigenvalue weighted by molar-refractivity contribution is 0.463. The molecule has 0 radical (unpaired) electrons. The first-order valence-corrected chi connectivity index (χ1v) is 6.09. The summed E-state index contributed by atoms with van der Waals surface area (Å²) in [4.78, 5) is 12.4. The summed E-state index contributed by atoms with van der Waals surface area (Å²) in [7, 11) is 0. The maximum Gasteiger partial charge on any atom is 0.220 e. The molecule has 0 atom stereocenters. The summed E-state index contributed by atoms with van der Waals surface area (Å²) in [6.07, 6.45) is 3.24. The maximum absolute atomic E-state index is 8.88. The number of ether oxygens (including phenoxy) is 1. The predicted octanol–water partition coefficient (Wildman–Crippen LogP) is 3.34. The highest BCUT2D eigenvalue weighted by atomic mass is 35.5. The van der Waals surface area contributed by atoms with Gasteiger partial charge in [0.1, 0.15) is 11.8 Å². The number of nitriles is 1. The van der Waals surface area contributed by atoms with Gasteiger partial charge in [-0.15, -0.1) is 0 Å². The third-order valence-electron chi connectivity index (χ3n) is 2.59. The van der Waals surface area contributed by atoms with Crippen molar-refractivity contribution in [3.05, 3.63) is 53.4 Å². The van der Waals surface area contributed by atoms with E-state index in [0.717, 1.165) is 11.0 Å². The number of halogens is 1. The smallest absolute Gasteiger partial charge is 0.220 e. The highest BCUT2D eigenvalue weighted by Crippen LogP contribution is 2.24. The zero-order valence-electron chi connectivity index (χ0n) is 10.1. The maximum atomic E-state index is 8.88. The van der Waals surface area contributed by atoms with Crippen LogP contribution >= 0.6 is 11.6 Å². The highest BCUT2D eigenvalue weighted by Gasteiger charge is 2.06. The van der Waals surface area contributed by atoms with Crippen LogP contribution in [0.15, 0.2) is 42.7 Å². The van der Waals surface area contributed by atoms with Gasteiger partial charge in [0.05, 0.1) is 16.1 Å². The zero-order valence-corrected chi connectivity index (χ0v) is 10.9. The number of hydrogen-bond acceptors (Lipinski definition) is 5. The number of benzene rings is 1. The Hall–Kier alpha value is -2.71. The van der Waals surface area contributed by atoms with Crippen molar-refractivity contribution >= 4 is 22.6 Å². The molecule has 1 aromatic carbocycles. The molecular weight excluding hydrogens is 276 g/mol. The molecular formula is C14H7ClN4O. The molecule has 0 spiro atoms. The van der Waals surface area contributed by atoms with Gasteiger partial charge in [0.15, 0.2) is 5.69 Å². The van der Waals surface area contributed by atoms with Crippen LogP contribution < -0.4 is 4.74 Å². The molecule has 3 aromatic rings. The normalized spacial score (nSPS) is 10.2. The van der Waals surface area contributed by atoms with Crippen LogP contribution in [0.5, 0.6) is 11.6 Å². The monoisotopic (exact) mass is 282 g/mol. The minimum atomic E-state index is 0.129. The van der Waals surface area contributed by atoms with Crippen LogP contribution in [0.1, 0.15) is 5.69 Å².